The molecule has 0 bridgehead atoms. The van der Waals surface area contributed by atoms with Gasteiger partial charge in [0.1, 0.15) is 5.41 Å². The van der Waals surface area contributed by atoms with E-state index in [0.717, 1.165) is 10.4 Å². The summed E-state index contributed by atoms with van der Waals surface area (Å²) in [4.78, 5) is 27.2. The lowest BCUT2D eigenvalue weighted by molar-refractivity contribution is -0.153. The molecule has 0 spiro atoms. The van der Waals surface area contributed by atoms with Gasteiger partial charge >= 0.3 is 13.6 Å². The SMILES string of the molecule is CCOC(=O)[C@]12C(=O)C[C@@H](O[Si](c3ccccc3)(c3ccccc3)C(C)(C)C)[C@H]1[C@@H]2CP(=O)(OCC)OCC. The van der Waals surface area contributed by atoms with Crippen LogP contribution in [0.2, 0.25) is 5.04 Å². The summed E-state index contributed by atoms with van der Waals surface area (Å²) in [5.74, 6) is -1.76. The highest BCUT2D eigenvalue weighted by Gasteiger charge is 2.82. The Bertz CT molecular complexity index is 1160. The Hall–Kier alpha value is -2.09. The van der Waals surface area contributed by atoms with E-state index in [0.29, 0.717) is 0 Å². The second-order valence-electron chi connectivity index (χ2n) is 11.3. The molecular formula is C30H41O7PSi. The Morgan fingerprint density at radius 1 is 0.923 bits per heavy atom. The predicted octanol–water partition coefficient (Wildman–Crippen LogP) is 4.97. The lowest BCUT2D eigenvalue weighted by Gasteiger charge is -2.45. The van der Waals surface area contributed by atoms with Crippen LogP contribution in [0.25, 0.3) is 0 Å². The molecule has 2 saturated carbocycles. The summed E-state index contributed by atoms with van der Waals surface area (Å²) in [6, 6.07) is 20.4. The van der Waals surface area contributed by atoms with Gasteiger partial charge in [-0.15, -0.1) is 0 Å². The van der Waals surface area contributed by atoms with E-state index in [2.05, 4.69) is 45.0 Å². The quantitative estimate of drug-likeness (QED) is 0.154. The molecule has 0 N–H and O–H groups in total. The van der Waals surface area contributed by atoms with Gasteiger partial charge < -0.3 is 18.2 Å². The fourth-order valence-electron chi connectivity index (χ4n) is 6.63. The first kappa shape index (κ1) is 29.9. The van der Waals surface area contributed by atoms with Gasteiger partial charge in [0.05, 0.1) is 32.1 Å². The normalized spacial score (nSPS) is 24.9. The van der Waals surface area contributed by atoms with Crippen molar-refractivity contribution in [2.45, 2.75) is 59.1 Å². The molecule has 2 aliphatic rings. The molecule has 0 radical (unpaired) electrons. The Kier molecular flexibility index (Phi) is 8.75. The van der Waals surface area contributed by atoms with Crippen LogP contribution in [0.1, 0.15) is 48.0 Å². The van der Waals surface area contributed by atoms with Crippen molar-refractivity contribution in [3.05, 3.63) is 60.7 Å². The summed E-state index contributed by atoms with van der Waals surface area (Å²) >= 11 is 0. The highest BCUT2D eigenvalue weighted by atomic mass is 31.2. The van der Waals surface area contributed by atoms with E-state index in [4.69, 9.17) is 18.2 Å². The number of carbonyl (C=O) groups is 2. The maximum absolute atomic E-state index is 13.7. The average Bonchev–Trinajstić information content (AvgIpc) is 3.45. The number of hydrogen-bond donors (Lipinski definition) is 0. The monoisotopic (exact) mass is 572 g/mol. The molecule has 2 aromatic carbocycles. The Morgan fingerprint density at radius 3 is 1.87 bits per heavy atom. The van der Waals surface area contributed by atoms with Gasteiger partial charge in [0.2, 0.25) is 0 Å². The molecule has 4 atom stereocenters. The lowest BCUT2D eigenvalue weighted by atomic mass is 9.99. The van der Waals surface area contributed by atoms with Gasteiger partial charge in [-0.05, 0) is 36.2 Å². The predicted molar refractivity (Wildman–Crippen MR) is 154 cm³/mol. The smallest absolute Gasteiger partial charge is 0.331 e. The Balaban J connectivity index is 1.81. The molecule has 0 aliphatic heterocycles. The number of esters is 1. The molecule has 0 unspecified atom stereocenters. The maximum atomic E-state index is 13.7. The number of hydrogen-bond acceptors (Lipinski definition) is 7. The van der Waals surface area contributed by atoms with Crippen molar-refractivity contribution >= 4 is 38.0 Å². The third-order valence-electron chi connectivity index (χ3n) is 8.11. The highest BCUT2D eigenvalue weighted by molar-refractivity contribution is 7.53. The molecular weight excluding hydrogens is 531 g/mol. The first-order chi connectivity index (χ1) is 18.5. The van der Waals surface area contributed by atoms with Crippen LogP contribution in [0.3, 0.4) is 0 Å². The molecule has 39 heavy (non-hydrogen) atoms. The van der Waals surface area contributed by atoms with Crippen molar-refractivity contribution in [3.8, 4) is 0 Å². The molecule has 0 saturated heterocycles. The minimum absolute atomic E-state index is 0.0233. The van der Waals surface area contributed by atoms with E-state index in [-0.39, 0.29) is 43.2 Å². The summed E-state index contributed by atoms with van der Waals surface area (Å²) in [5, 5.41) is 1.89. The molecule has 212 valence electrons. The van der Waals surface area contributed by atoms with Crippen LogP contribution >= 0.6 is 7.60 Å². The van der Waals surface area contributed by atoms with Crippen LogP contribution in [0.5, 0.6) is 0 Å². The first-order valence-corrected chi connectivity index (χ1v) is 17.5. The maximum Gasteiger partial charge on any atom is 0.331 e. The molecule has 0 amide bonds. The number of ketones is 1. The molecule has 0 heterocycles. The van der Waals surface area contributed by atoms with Crippen molar-refractivity contribution in [2.24, 2.45) is 17.3 Å². The first-order valence-electron chi connectivity index (χ1n) is 13.9. The van der Waals surface area contributed by atoms with Crippen molar-refractivity contribution in [1.29, 1.82) is 0 Å². The second kappa shape index (κ2) is 11.4. The molecule has 2 aromatic rings. The zero-order valence-electron chi connectivity index (χ0n) is 23.8. The summed E-state index contributed by atoms with van der Waals surface area (Å²) < 4.78 is 37.5. The van der Waals surface area contributed by atoms with Crippen LogP contribution in [0.15, 0.2) is 60.7 Å². The van der Waals surface area contributed by atoms with Gasteiger partial charge in [0.15, 0.2) is 5.78 Å². The van der Waals surface area contributed by atoms with Gasteiger partial charge in [-0.2, -0.15) is 0 Å². The van der Waals surface area contributed by atoms with Crippen LogP contribution in [0.4, 0.5) is 0 Å². The summed E-state index contributed by atoms with van der Waals surface area (Å²) in [6.07, 6.45) is -0.447. The van der Waals surface area contributed by atoms with E-state index in [1.54, 1.807) is 20.8 Å². The molecule has 9 heteroatoms. The molecule has 2 fully saturated rings. The van der Waals surface area contributed by atoms with E-state index >= 15 is 0 Å². The van der Waals surface area contributed by atoms with Gasteiger partial charge in [0.25, 0.3) is 8.32 Å². The van der Waals surface area contributed by atoms with E-state index in [1.807, 2.05) is 36.4 Å². The van der Waals surface area contributed by atoms with E-state index in [9.17, 15) is 14.2 Å². The van der Waals surface area contributed by atoms with Gasteiger partial charge in [0, 0.05) is 18.3 Å². The number of carbonyl (C=O) groups excluding carboxylic acids is 2. The third kappa shape index (κ3) is 5.11. The number of fused-ring (bicyclic) bond motifs is 1. The summed E-state index contributed by atoms with van der Waals surface area (Å²) in [6.45, 7) is 12.3. The summed E-state index contributed by atoms with van der Waals surface area (Å²) in [5.41, 5.74) is -1.38. The Morgan fingerprint density at radius 2 is 1.44 bits per heavy atom. The topological polar surface area (TPSA) is 88.1 Å². The second-order valence-corrected chi connectivity index (χ2v) is 17.7. The standard InChI is InChI=1S/C30H41O7PSi/c1-7-34-28(32)30-24(21-38(33,35-8-2)36-9-3)27(30)25(20-26(30)31)37-39(29(4,5)6,22-16-12-10-13-17-22)23-18-14-11-15-19-23/h10-19,24-25,27H,7-9,20-21H2,1-6H3/t24-,25+,27+,30+/m0/s1. The number of rotatable bonds is 12. The van der Waals surface area contributed by atoms with E-state index in [1.165, 1.54) is 0 Å². The van der Waals surface area contributed by atoms with Crippen LogP contribution in [-0.2, 0) is 32.4 Å². The number of Topliss-reactive ketones (excluding diaryl/α,β-unsaturated/α-hetero) is 1. The van der Waals surface area contributed by atoms with Crippen LogP contribution < -0.4 is 10.4 Å². The lowest BCUT2D eigenvalue weighted by Crippen LogP contribution is -2.67. The van der Waals surface area contributed by atoms with Crippen molar-refractivity contribution < 1.29 is 32.4 Å². The average molecular weight is 573 g/mol. The third-order valence-corrected chi connectivity index (χ3v) is 15.3. The zero-order chi connectivity index (χ0) is 28.5. The zero-order valence-corrected chi connectivity index (χ0v) is 25.7. The largest absolute Gasteiger partial charge is 0.465 e. The molecule has 7 nitrogen and oxygen atoms in total. The highest BCUT2D eigenvalue weighted by Crippen LogP contribution is 2.72. The van der Waals surface area contributed by atoms with Crippen molar-refractivity contribution in [3.63, 3.8) is 0 Å². The molecule has 2 aliphatic carbocycles. The van der Waals surface area contributed by atoms with Crippen molar-refractivity contribution in [2.75, 3.05) is 26.0 Å². The number of ether oxygens (including phenoxy) is 1. The molecule has 0 aromatic heterocycles. The fourth-order valence-corrected chi connectivity index (χ4v) is 13.4. The minimum atomic E-state index is -3.53. The summed E-state index contributed by atoms with van der Waals surface area (Å²) in [7, 11) is -6.52. The van der Waals surface area contributed by atoms with Crippen LogP contribution in [-0.4, -0.2) is 52.2 Å². The van der Waals surface area contributed by atoms with Crippen LogP contribution in [0, 0.1) is 17.3 Å². The van der Waals surface area contributed by atoms with Gasteiger partial charge in [-0.25, -0.2) is 0 Å². The fraction of sp³-hybridized carbons (Fsp3) is 0.533. The molecule has 4 rings (SSSR count). The van der Waals surface area contributed by atoms with Gasteiger partial charge in [-0.3, -0.25) is 14.2 Å². The number of benzene rings is 2. The van der Waals surface area contributed by atoms with Gasteiger partial charge in [-0.1, -0.05) is 81.4 Å². The van der Waals surface area contributed by atoms with Crippen molar-refractivity contribution in [1.82, 2.24) is 0 Å². The minimum Gasteiger partial charge on any atom is -0.465 e. The van der Waals surface area contributed by atoms with E-state index < -0.39 is 45.2 Å². The Labute approximate surface area is 233 Å².